The lowest BCUT2D eigenvalue weighted by Gasteiger charge is -2.10. The van der Waals surface area contributed by atoms with E-state index in [1.165, 1.54) is 13.2 Å². The maximum atomic E-state index is 13.6. The molecule has 0 amide bonds. The lowest BCUT2D eigenvalue weighted by Crippen LogP contribution is -2.12. The number of hydrogen-bond donors (Lipinski definition) is 2. The van der Waals surface area contributed by atoms with Crippen molar-refractivity contribution in [2.45, 2.75) is 6.42 Å². The molecule has 0 saturated heterocycles. The van der Waals surface area contributed by atoms with Gasteiger partial charge in [0.2, 0.25) is 0 Å². The van der Waals surface area contributed by atoms with Gasteiger partial charge >= 0.3 is 5.97 Å². The Morgan fingerprint density at radius 2 is 2.10 bits per heavy atom. The highest BCUT2D eigenvalue weighted by atomic mass is 32.2. The predicted octanol–water partition coefficient (Wildman–Crippen LogP) is 1.04. The average molecular weight is 304 g/mol. The molecule has 112 valence electrons. The minimum atomic E-state index is -3.05. The Balaban J connectivity index is 2.77. The highest BCUT2D eigenvalue weighted by molar-refractivity contribution is 7.90. The van der Waals surface area contributed by atoms with Gasteiger partial charge in [-0.25, -0.2) is 17.6 Å². The number of hydrogen-bond acceptors (Lipinski definition) is 6. The molecular formula is C12H17FN2O4S. The van der Waals surface area contributed by atoms with Gasteiger partial charge in [0.05, 0.1) is 24.1 Å². The number of nitrogens with one attached hydrogen (secondary N) is 1. The number of sulfone groups is 1. The Morgan fingerprint density at radius 3 is 2.65 bits per heavy atom. The molecule has 0 atom stereocenters. The van der Waals surface area contributed by atoms with Gasteiger partial charge in [-0.15, -0.1) is 0 Å². The quantitative estimate of drug-likeness (QED) is 0.463. The number of rotatable bonds is 6. The number of esters is 1. The summed E-state index contributed by atoms with van der Waals surface area (Å²) in [6.45, 7) is 0.258. The van der Waals surface area contributed by atoms with Crippen molar-refractivity contribution in [3.8, 4) is 0 Å². The van der Waals surface area contributed by atoms with Crippen LogP contribution < -0.4 is 11.1 Å². The molecule has 8 heteroatoms. The van der Waals surface area contributed by atoms with Crippen LogP contribution in [0.25, 0.3) is 0 Å². The average Bonchev–Trinajstić information content (AvgIpc) is 2.34. The second-order valence-electron chi connectivity index (χ2n) is 4.32. The van der Waals surface area contributed by atoms with Gasteiger partial charge in [-0.2, -0.15) is 0 Å². The van der Waals surface area contributed by atoms with Gasteiger partial charge in [0, 0.05) is 18.5 Å². The van der Waals surface area contributed by atoms with Crippen molar-refractivity contribution in [2.75, 3.05) is 36.7 Å². The van der Waals surface area contributed by atoms with E-state index in [-0.39, 0.29) is 29.2 Å². The third-order valence-electron chi connectivity index (χ3n) is 2.55. The van der Waals surface area contributed by atoms with E-state index in [4.69, 9.17) is 5.73 Å². The molecule has 0 saturated carbocycles. The standard InChI is InChI=1S/C12H17FN2O4S/c1-19-12(16)8-6-11(9(13)7-10(8)14)15-4-3-5-20(2,17)18/h6-7,15H,3-5,14H2,1-2H3. The topological polar surface area (TPSA) is 98.5 Å². The van der Waals surface area contributed by atoms with Gasteiger partial charge < -0.3 is 15.8 Å². The van der Waals surface area contributed by atoms with Crippen LogP contribution in [0.4, 0.5) is 15.8 Å². The van der Waals surface area contributed by atoms with E-state index in [0.29, 0.717) is 6.42 Å². The zero-order valence-corrected chi connectivity index (χ0v) is 12.1. The Morgan fingerprint density at radius 1 is 1.45 bits per heavy atom. The largest absolute Gasteiger partial charge is 0.465 e. The molecule has 0 radical (unpaired) electrons. The lowest BCUT2D eigenvalue weighted by atomic mass is 10.1. The second-order valence-corrected chi connectivity index (χ2v) is 6.58. The number of carbonyl (C=O) groups is 1. The molecule has 0 aromatic heterocycles. The molecule has 1 aromatic rings. The molecule has 1 rings (SSSR count). The third-order valence-corrected chi connectivity index (χ3v) is 3.58. The minimum absolute atomic E-state index is 0.000447. The maximum Gasteiger partial charge on any atom is 0.340 e. The number of nitrogens with two attached hydrogens (primary N) is 1. The van der Waals surface area contributed by atoms with Crippen LogP contribution in [0, 0.1) is 5.82 Å². The molecule has 6 nitrogen and oxygen atoms in total. The van der Waals surface area contributed by atoms with E-state index < -0.39 is 21.6 Å². The van der Waals surface area contributed by atoms with Crippen LogP contribution in [-0.4, -0.2) is 40.1 Å². The van der Waals surface area contributed by atoms with Crippen LogP contribution in [0.2, 0.25) is 0 Å². The van der Waals surface area contributed by atoms with Crippen molar-refractivity contribution >= 4 is 27.2 Å². The van der Waals surface area contributed by atoms with Crippen LogP contribution in [0.15, 0.2) is 12.1 Å². The third kappa shape index (κ3) is 4.69. The minimum Gasteiger partial charge on any atom is -0.465 e. The number of methoxy groups -OCH3 is 1. The number of nitrogen functional groups attached to an aromatic ring is 1. The number of carbonyl (C=O) groups excluding carboxylic acids is 1. The van der Waals surface area contributed by atoms with E-state index in [0.717, 1.165) is 12.3 Å². The second kappa shape index (κ2) is 6.56. The fraction of sp³-hybridized carbons (Fsp3) is 0.417. The van der Waals surface area contributed by atoms with E-state index in [2.05, 4.69) is 10.1 Å². The fourth-order valence-electron chi connectivity index (χ4n) is 1.57. The number of ether oxygens (including phenoxy) is 1. The van der Waals surface area contributed by atoms with Crippen LogP contribution in [0.3, 0.4) is 0 Å². The maximum absolute atomic E-state index is 13.6. The summed E-state index contributed by atoms with van der Waals surface area (Å²) in [6.07, 6.45) is 1.46. The normalized spacial score (nSPS) is 11.2. The van der Waals surface area contributed by atoms with Gasteiger partial charge in [0.1, 0.15) is 15.7 Å². The SMILES string of the molecule is COC(=O)c1cc(NCCCS(C)(=O)=O)c(F)cc1N. The smallest absolute Gasteiger partial charge is 0.340 e. The monoisotopic (exact) mass is 304 g/mol. The molecule has 0 aliphatic rings. The Labute approximate surface area is 117 Å². The molecule has 0 fully saturated rings. The summed E-state index contributed by atoms with van der Waals surface area (Å²) in [6, 6.07) is 2.27. The zero-order valence-electron chi connectivity index (χ0n) is 11.3. The summed E-state index contributed by atoms with van der Waals surface area (Å²) in [5.41, 5.74) is 5.65. The Kier molecular flexibility index (Phi) is 5.32. The van der Waals surface area contributed by atoms with Crippen LogP contribution in [-0.2, 0) is 14.6 Å². The highest BCUT2D eigenvalue weighted by Crippen LogP contribution is 2.22. The molecule has 3 N–H and O–H groups in total. The van der Waals surface area contributed by atoms with Crippen LogP contribution in [0.1, 0.15) is 16.8 Å². The first-order valence-corrected chi connectivity index (χ1v) is 7.89. The Hall–Kier alpha value is -1.83. The summed E-state index contributed by atoms with van der Waals surface area (Å²) in [4.78, 5) is 11.4. The van der Waals surface area contributed by atoms with Crippen molar-refractivity contribution in [1.29, 1.82) is 0 Å². The van der Waals surface area contributed by atoms with E-state index in [1.807, 2.05) is 0 Å². The van der Waals surface area contributed by atoms with Gasteiger partial charge in [-0.3, -0.25) is 0 Å². The first kappa shape index (κ1) is 16.2. The van der Waals surface area contributed by atoms with Crippen molar-refractivity contribution in [2.24, 2.45) is 0 Å². The molecule has 20 heavy (non-hydrogen) atoms. The molecule has 0 spiro atoms. The first-order valence-electron chi connectivity index (χ1n) is 5.83. The predicted molar refractivity (Wildman–Crippen MR) is 75.0 cm³/mol. The molecule has 0 bridgehead atoms. The summed E-state index contributed by atoms with van der Waals surface area (Å²) >= 11 is 0. The van der Waals surface area contributed by atoms with Crippen LogP contribution >= 0.6 is 0 Å². The number of anilines is 2. The summed E-state index contributed by atoms with van der Waals surface area (Å²) in [7, 11) is -1.85. The summed E-state index contributed by atoms with van der Waals surface area (Å²) in [5.74, 6) is -1.28. The van der Waals surface area contributed by atoms with E-state index >= 15 is 0 Å². The van der Waals surface area contributed by atoms with Crippen molar-refractivity contribution in [1.82, 2.24) is 0 Å². The lowest BCUT2D eigenvalue weighted by molar-refractivity contribution is 0.0602. The van der Waals surface area contributed by atoms with Gasteiger partial charge in [0.25, 0.3) is 0 Å². The van der Waals surface area contributed by atoms with E-state index in [1.54, 1.807) is 0 Å². The molecule has 0 unspecified atom stereocenters. The molecule has 1 aromatic carbocycles. The van der Waals surface area contributed by atoms with Gasteiger partial charge in [0.15, 0.2) is 0 Å². The summed E-state index contributed by atoms with van der Waals surface area (Å²) in [5, 5.41) is 2.73. The number of benzene rings is 1. The number of halogens is 1. The zero-order chi connectivity index (χ0) is 15.3. The highest BCUT2D eigenvalue weighted by Gasteiger charge is 2.14. The van der Waals surface area contributed by atoms with Crippen molar-refractivity contribution in [3.05, 3.63) is 23.5 Å². The fourth-order valence-corrected chi connectivity index (χ4v) is 2.24. The van der Waals surface area contributed by atoms with Crippen molar-refractivity contribution < 1.29 is 22.3 Å². The Bertz CT molecular complexity index is 602. The first-order chi connectivity index (χ1) is 9.24. The van der Waals surface area contributed by atoms with Crippen molar-refractivity contribution in [3.63, 3.8) is 0 Å². The molecular weight excluding hydrogens is 287 g/mol. The molecule has 0 aliphatic carbocycles. The molecule has 0 aliphatic heterocycles. The molecule has 0 heterocycles. The van der Waals surface area contributed by atoms with Gasteiger partial charge in [-0.05, 0) is 18.6 Å². The van der Waals surface area contributed by atoms with Crippen LogP contribution in [0.5, 0.6) is 0 Å². The summed E-state index contributed by atoms with van der Waals surface area (Å²) < 4.78 is 40.1. The van der Waals surface area contributed by atoms with E-state index in [9.17, 15) is 17.6 Å². The van der Waals surface area contributed by atoms with Gasteiger partial charge in [-0.1, -0.05) is 0 Å².